The normalized spacial score (nSPS) is 17.3. The van der Waals surface area contributed by atoms with E-state index in [-0.39, 0.29) is 24.3 Å². The van der Waals surface area contributed by atoms with Crippen molar-refractivity contribution in [3.05, 3.63) is 65.2 Å². The van der Waals surface area contributed by atoms with Crippen molar-refractivity contribution >= 4 is 23.4 Å². The summed E-state index contributed by atoms with van der Waals surface area (Å²) in [4.78, 5) is 25.6. The Labute approximate surface area is 139 Å². The van der Waals surface area contributed by atoms with Crippen LogP contribution in [0.25, 0.3) is 0 Å². The first-order valence-corrected chi connectivity index (χ1v) is 7.78. The van der Waals surface area contributed by atoms with Crippen molar-refractivity contribution < 1.29 is 14.3 Å². The van der Waals surface area contributed by atoms with Crippen LogP contribution in [-0.2, 0) is 9.59 Å². The number of rotatable bonds is 4. The van der Waals surface area contributed by atoms with Gasteiger partial charge >= 0.3 is 0 Å². The molecule has 23 heavy (non-hydrogen) atoms. The highest BCUT2D eigenvalue weighted by molar-refractivity contribution is 6.30. The molecule has 0 bridgehead atoms. The molecule has 1 aliphatic heterocycles. The van der Waals surface area contributed by atoms with Crippen LogP contribution in [-0.4, -0.2) is 29.9 Å². The number of carbonyl (C=O) groups excluding carboxylic acids is 2. The minimum Gasteiger partial charge on any atom is -0.484 e. The molecule has 4 nitrogen and oxygen atoms in total. The zero-order valence-electron chi connectivity index (χ0n) is 12.4. The van der Waals surface area contributed by atoms with Crippen molar-refractivity contribution in [3.63, 3.8) is 0 Å². The van der Waals surface area contributed by atoms with Gasteiger partial charge in [-0.05, 0) is 29.8 Å². The van der Waals surface area contributed by atoms with Crippen molar-refractivity contribution in [3.8, 4) is 5.75 Å². The maximum Gasteiger partial charge on any atom is 0.267 e. The summed E-state index contributed by atoms with van der Waals surface area (Å²) in [7, 11) is 0. The van der Waals surface area contributed by atoms with E-state index in [0.717, 1.165) is 5.56 Å². The Morgan fingerprint density at radius 2 is 1.83 bits per heavy atom. The second-order valence-electron chi connectivity index (χ2n) is 5.45. The predicted molar refractivity (Wildman–Crippen MR) is 87.5 cm³/mol. The lowest BCUT2D eigenvalue weighted by Crippen LogP contribution is -2.36. The lowest BCUT2D eigenvalue weighted by molar-refractivity contribution is -0.143. The molecule has 2 aromatic rings. The Hall–Kier alpha value is -2.33. The summed E-state index contributed by atoms with van der Waals surface area (Å²) in [6.07, 6.45) is 0.358. The molecular weight excluding hydrogens is 314 g/mol. The maximum atomic E-state index is 12.2. The molecule has 1 saturated heterocycles. The van der Waals surface area contributed by atoms with Gasteiger partial charge in [0.25, 0.3) is 5.91 Å². The monoisotopic (exact) mass is 329 g/mol. The van der Waals surface area contributed by atoms with Gasteiger partial charge < -0.3 is 4.74 Å². The zero-order chi connectivity index (χ0) is 16.2. The molecule has 1 heterocycles. The molecule has 0 saturated carbocycles. The second-order valence-corrected chi connectivity index (χ2v) is 5.89. The van der Waals surface area contributed by atoms with Crippen LogP contribution in [0.15, 0.2) is 54.6 Å². The Kier molecular flexibility index (Phi) is 4.63. The number of benzene rings is 2. The lowest BCUT2D eigenvalue weighted by Gasteiger charge is -2.15. The quantitative estimate of drug-likeness (QED) is 0.865. The van der Waals surface area contributed by atoms with Gasteiger partial charge in [0.1, 0.15) is 5.75 Å². The summed E-state index contributed by atoms with van der Waals surface area (Å²) < 4.78 is 5.42. The molecule has 1 aliphatic rings. The van der Waals surface area contributed by atoms with Gasteiger partial charge in [0.05, 0.1) is 0 Å². The van der Waals surface area contributed by atoms with E-state index >= 15 is 0 Å². The van der Waals surface area contributed by atoms with Crippen LogP contribution >= 0.6 is 11.6 Å². The fraction of sp³-hybridized carbons (Fsp3) is 0.222. The fourth-order valence-corrected chi connectivity index (χ4v) is 2.78. The lowest BCUT2D eigenvalue weighted by atomic mass is 9.99. The highest BCUT2D eigenvalue weighted by Crippen LogP contribution is 2.28. The number of amides is 2. The van der Waals surface area contributed by atoms with Gasteiger partial charge in [-0.15, -0.1) is 0 Å². The van der Waals surface area contributed by atoms with E-state index < -0.39 is 0 Å². The Bertz CT molecular complexity index is 700. The number of nitrogens with zero attached hydrogens (tertiary/aromatic N) is 1. The van der Waals surface area contributed by atoms with Crippen molar-refractivity contribution in [1.82, 2.24) is 4.90 Å². The third kappa shape index (κ3) is 3.71. The van der Waals surface area contributed by atoms with Gasteiger partial charge in [0.15, 0.2) is 6.61 Å². The van der Waals surface area contributed by atoms with E-state index in [0.29, 0.717) is 23.7 Å². The van der Waals surface area contributed by atoms with Gasteiger partial charge in [-0.2, -0.15) is 0 Å². The second kappa shape index (κ2) is 6.84. The number of hydrogen-bond acceptors (Lipinski definition) is 3. The Morgan fingerprint density at radius 1 is 1.13 bits per heavy atom. The van der Waals surface area contributed by atoms with Gasteiger partial charge in [-0.25, -0.2) is 0 Å². The number of carbonyl (C=O) groups is 2. The van der Waals surface area contributed by atoms with Crippen molar-refractivity contribution in [2.24, 2.45) is 0 Å². The van der Waals surface area contributed by atoms with Crippen LogP contribution in [0.5, 0.6) is 5.75 Å². The Balaban J connectivity index is 1.59. The summed E-state index contributed by atoms with van der Waals surface area (Å²) >= 11 is 5.80. The van der Waals surface area contributed by atoms with Crippen LogP contribution in [0.4, 0.5) is 0 Å². The molecule has 0 unspecified atom stereocenters. The van der Waals surface area contributed by atoms with E-state index in [9.17, 15) is 9.59 Å². The fourth-order valence-electron chi connectivity index (χ4n) is 2.65. The largest absolute Gasteiger partial charge is 0.484 e. The van der Waals surface area contributed by atoms with Gasteiger partial charge in [0.2, 0.25) is 5.91 Å². The minimum atomic E-state index is -0.316. The molecule has 2 aromatic carbocycles. The summed E-state index contributed by atoms with van der Waals surface area (Å²) in [6, 6.07) is 16.5. The van der Waals surface area contributed by atoms with E-state index in [2.05, 4.69) is 0 Å². The van der Waals surface area contributed by atoms with E-state index in [4.69, 9.17) is 16.3 Å². The standard InChI is InChI=1S/C18H16ClNO3/c19-15-6-8-16(9-7-15)23-12-18(22)20-11-14(10-17(20)21)13-4-2-1-3-5-13/h1-9,14H,10-12H2/t14-/m0/s1. The summed E-state index contributed by atoms with van der Waals surface area (Å²) in [6.45, 7) is 0.251. The Morgan fingerprint density at radius 3 is 2.52 bits per heavy atom. The average Bonchev–Trinajstić information content (AvgIpc) is 2.97. The number of likely N-dealkylation sites (tertiary alicyclic amines) is 1. The summed E-state index contributed by atoms with van der Waals surface area (Å²) in [5.74, 6) is 0.143. The number of ether oxygens (including phenoxy) is 1. The molecule has 118 valence electrons. The van der Waals surface area contributed by atoms with Crippen LogP contribution in [0.2, 0.25) is 5.02 Å². The average molecular weight is 330 g/mol. The molecular formula is C18H16ClNO3. The van der Waals surface area contributed by atoms with Crippen LogP contribution < -0.4 is 4.74 Å². The van der Waals surface area contributed by atoms with Crippen molar-refractivity contribution in [2.45, 2.75) is 12.3 Å². The van der Waals surface area contributed by atoms with Gasteiger partial charge in [-0.1, -0.05) is 41.9 Å². The number of hydrogen-bond donors (Lipinski definition) is 0. The smallest absolute Gasteiger partial charge is 0.267 e. The first-order chi connectivity index (χ1) is 11.1. The van der Waals surface area contributed by atoms with E-state index in [1.165, 1.54) is 4.90 Å². The summed E-state index contributed by atoms with van der Waals surface area (Å²) in [5.41, 5.74) is 1.08. The zero-order valence-corrected chi connectivity index (χ0v) is 13.2. The van der Waals surface area contributed by atoms with Crippen LogP contribution in [0.1, 0.15) is 17.9 Å². The van der Waals surface area contributed by atoms with Crippen LogP contribution in [0, 0.1) is 0 Å². The molecule has 1 atom stereocenters. The molecule has 0 spiro atoms. The van der Waals surface area contributed by atoms with Gasteiger partial charge in [-0.3, -0.25) is 14.5 Å². The van der Waals surface area contributed by atoms with Crippen molar-refractivity contribution in [1.29, 1.82) is 0 Å². The SMILES string of the molecule is O=C(COc1ccc(Cl)cc1)N1C[C@@H](c2ccccc2)CC1=O. The molecule has 5 heteroatoms. The number of imide groups is 1. The minimum absolute atomic E-state index is 0.0585. The highest BCUT2D eigenvalue weighted by Gasteiger charge is 2.34. The molecule has 0 radical (unpaired) electrons. The maximum absolute atomic E-state index is 12.2. The third-order valence-electron chi connectivity index (χ3n) is 3.87. The first kappa shape index (κ1) is 15.6. The molecule has 0 aromatic heterocycles. The topological polar surface area (TPSA) is 46.6 Å². The van der Waals surface area contributed by atoms with Crippen LogP contribution in [0.3, 0.4) is 0 Å². The first-order valence-electron chi connectivity index (χ1n) is 7.40. The van der Waals surface area contributed by atoms with E-state index in [1.807, 2.05) is 30.3 Å². The van der Waals surface area contributed by atoms with E-state index in [1.54, 1.807) is 24.3 Å². The molecule has 1 fully saturated rings. The molecule has 3 rings (SSSR count). The third-order valence-corrected chi connectivity index (χ3v) is 4.12. The summed E-state index contributed by atoms with van der Waals surface area (Å²) in [5, 5.41) is 0.601. The number of halogens is 1. The van der Waals surface area contributed by atoms with Gasteiger partial charge in [0, 0.05) is 23.9 Å². The molecule has 2 amide bonds. The molecule has 0 N–H and O–H groups in total. The van der Waals surface area contributed by atoms with Crippen molar-refractivity contribution in [2.75, 3.05) is 13.2 Å². The highest BCUT2D eigenvalue weighted by atomic mass is 35.5. The predicted octanol–water partition coefficient (Wildman–Crippen LogP) is 3.26. The molecule has 0 aliphatic carbocycles.